The minimum absolute atomic E-state index is 0.143. The molecule has 4 heteroatoms. The lowest BCUT2D eigenvalue weighted by molar-refractivity contribution is -0.134. The first-order valence-corrected chi connectivity index (χ1v) is 4.54. The van der Waals surface area contributed by atoms with Crippen LogP contribution in [0.15, 0.2) is 35.6 Å². The first kappa shape index (κ1) is 11.2. The van der Waals surface area contributed by atoms with E-state index < -0.39 is 11.8 Å². The highest BCUT2D eigenvalue weighted by Gasteiger charge is 2.15. The summed E-state index contributed by atoms with van der Waals surface area (Å²) >= 11 is 0. The second-order valence-corrected chi connectivity index (χ2v) is 3.33. The van der Waals surface area contributed by atoms with Crippen LogP contribution in [0.3, 0.4) is 0 Å². The third-order valence-corrected chi connectivity index (χ3v) is 2.10. The van der Waals surface area contributed by atoms with Crippen molar-refractivity contribution in [3.05, 3.63) is 35.6 Å². The van der Waals surface area contributed by atoms with Gasteiger partial charge < -0.3 is 10.2 Å². The van der Waals surface area contributed by atoms with Gasteiger partial charge in [0, 0.05) is 0 Å². The van der Waals surface area contributed by atoms with Crippen molar-refractivity contribution in [2.24, 2.45) is 5.92 Å². The molecule has 1 unspecified atom stereocenters. The molecule has 0 aromatic rings. The van der Waals surface area contributed by atoms with Gasteiger partial charge in [0.15, 0.2) is 5.78 Å². The smallest absolute Gasteiger partial charge is 0.339 e. The van der Waals surface area contributed by atoms with Gasteiger partial charge in [-0.15, -0.1) is 0 Å². The maximum absolute atomic E-state index is 11.0. The van der Waals surface area contributed by atoms with E-state index in [-0.39, 0.29) is 17.3 Å². The first-order chi connectivity index (χ1) is 7.00. The van der Waals surface area contributed by atoms with E-state index in [0.717, 1.165) is 0 Å². The Labute approximate surface area is 87.2 Å². The van der Waals surface area contributed by atoms with Crippen LogP contribution < -0.4 is 0 Å². The van der Waals surface area contributed by atoms with Crippen LogP contribution in [0.2, 0.25) is 0 Å². The zero-order valence-electron chi connectivity index (χ0n) is 8.30. The highest BCUT2D eigenvalue weighted by molar-refractivity contribution is 6.15. The minimum atomic E-state index is -1.21. The molecule has 0 heterocycles. The molecule has 0 aliphatic heterocycles. The molecule has 1 aliphatic rings. The van der Waals surface area contributed by atoms with Crippen molar-refractivity contribution in [1.29, 1.82) is 0 Å². The van der Waals surface area contributed by atoms with Crippen LogP contribution in [0.25, 0.3) is 0 Å². The van der Waals surface area contributed by atoms with E-state index in [1.807, 2.05) is 0 Å². The molecule has 1 aliphatic carbocycles. The predicted molar refractivity (Wildman–Crippen MR) is 54.4 cm³/mol. The largest absolute Gasteiger partial charge is 0.508 e. The molecule has 0 fully saturated rings. The number of ketones is 1. The summed E-state index contributed by atoms with van der Waals surface area (Å²) < 4.78 is 0. The molecule has 2 N–H and O–H groups in total. The summed E-state index contributed by atoms with van der Waals surface area (Å²) in [5, 5.41) is 17.8. The van der Waals surface area contributed by atoms with Crippen LogP contribution in [0, 0.1) is 5.92 Å². The number of carbonyl (C=O) groups excluding carboxylic acids is 1. The van der Waals surface area contributed by atoms with Crippen molar-refractivity contribution >= 4 is 11.8 Å². The maximum atomic E-state index is 11.0. The Hall–Kier alpha value is -1.84. The summed E-state index contributed by atoms with van der Waals surface area (Å²) in [5.74, 6) is -1.65. The Morgan fingerprint density at radius 2 is 2.20 bits per heavy atom. The number of hydrogen-bond donors (Lipinski definition) is 2. The third kappa shape index (κ3) is 3.09. The summed E-state index contributed by atoms with van der Waals surface area (Å²) in [6.07, 6.45) is 6.66. The molecule has 0 bridgehead atoms. The lowest BCUT2D eigenvalue weighted by atomic mass is 9.96. The van der Waals surface area contributed by atoms with Crippen LogP contribution in [-0.2, 0) is 9.59 Å². The Balaban J connectivity index is 2.82. The maximum Gasteiger partial charge on any atom is 0.339 e. The quantitative estimate of drug-likeness (QED) is 0.419. The molecule has 0 amide bonds. The number of allylic oxidation sites excluding steroid dienone is 4. The molecule has 0 aromatic heterocycles. The van der Waals surface area contributed by atoms with Gasteiger partial charge in [0.1, 0.15) is 5.76 Å². The Bertz CT molecular complexity index is 358. The fourth-order valence-corrected chi connectivity index (χ4v) is 1.30. The fraction of sp³-hybridized carbons (Fsp3) is 0.273. The van der Waals surface area contributed by atoms with Crippen LogP contribution in [-0.4, -0.2) is 22.0 Å². The second-order valence-electron chi connectivity index (χ2n) is 3.33. The molecule has 0 aromatic carbocycles. The van der Waals surface area contributed by atoms with Gasteiger partial charge in [-0.3, -0.25) is 4.79 Å². The molecular weight excluding hydrogens is 196 g/mol. The van der Waals surface area contributed by atoms with Crippen LogP contribution in [0.5, 0.6) is 0 Å². The number of aliphatic carboxylic acids is 1. The van der Waals surface area contributed by atoms with E-state index in [2.05, 4.69) is 0 Å². The summed E-state index contributed by atoms with van der Waals surface area (Å²) in [4.78, 5) is 21.7. The van der Waals surface area contributed by atoms with Crippen molar-refractivity contribution in [3.63, 3.8) is 0 Å². The van der Waals surface area contributed by atoms with Crippen molar-refractivity contribution in [2.45, 2.75) is 13.3 Å². The van der Waals surface area contributed by atoms with Crippen molar-refractivity contribution in [1.82, 2.24) is 0 Å². The standard InChI is InChI=1S/C11H12O4/c1-7(12)10(11(14)15)6-8-2-4-9(13)5-3-8/h2,4-6,8,13H,3H2,1H3,(H,14,15)/b10-6+. The van der Waals surface area contributed by atoms with E-state index in [4.69, 9.17) is 10.2 Å². The fourth-order valence-electron chi connectivity index (χ4n) is 1.30. The topological polar surface area (TPSA) is 74.6 Å². The van der Waals surface area contributed by atoms with E-state index in [1.54, 1.807) is 12.2 Å². The Morgan fingerprint density at radius 1 is 1.53 bits per heavy atom. The highest BCUT2D eigenvalue weighted by atomic mass is 16.4. The summed E-state index contributed by atoms with van der Waals surface area (Å²) in [7, 11) is 0. The van der Waals surface area contributed by atoms with Gasteiger partial charge in [0.2, 0.25) is 0 Å². The molecule has 1 atom stereocenters. The SMILES string of the molecule is CC(=O)/C(=C\C1C=CC(O)=CC1)C(=O)O. The molecule has 0 saturated heterocycles. The van der Waals surface area contributed by atoms with E-state index in [0.29, 0.717) is 6.42 Å². The number of carbonyl (C=O) groups is 2. The van der Waals surface area contributed by atoms with Gasteiger partial charge in [0.25, 0.3) is 0 Å². The minimum Gasteiger partial charge on any atom is -0.508 e. The summed E-state index contributed by atoms with van der Waals surface area (Å²) in [5.41, 5.74) is -0.209. The predicted octanol–water partition coefficient (Wildman–Crippen LogP) is 1.60. The number of aliphatic hydroxyl groups excluding tert-OH is 1. The number of Topliss-reactive ketones (excluding diaryl/α,β-unsaturated/α-hetero) is 1. The van der Waals surface area contributed by atoms with Gasteiger partial charge in [-0.25, -0.2) is 4.79 Å². The number of hydrogen-bond acceptors (Lipinski definition) is 3. The number of rotatable bonds is 3. The average molecular weight is 208 g/mol. The van der Waals surface area contributed by atoms with Crippen molar-refractivity contribution < 1.29 is 19.8 Å². The number of carboxylic acid groups (broad SMARTS) is 1. The van der Waals surface area contributed by atoms with Gasteiger partial charge in [-0.1, -0.05) is 12.2 Å². The molecular formula is C11H12O4. The zero-order valence-corrected chi connectivity index (χ0v) is 8.30. The van der Waals surface area contributed by atoms with Crippen molar-refractivity contribution in [2.75, 3.05) is 0 Å². The molecule has 80 valence electrons. The Kier molecular flexibility index (Phi) is 3.44. The molecule has 0 saturated carbocycles. The zero-order chi connectivity index (χ0) is 11.4. The molecule has 1 rings (SSSR count). The van der Waals surface area contributed by atoms with Crippen LogP contribution >= 0.6 is 0 Å². The van der Waals surface area contributed by atoms with Gasteiger partial charge >= 0.3 is 5.97 Å². The lowest BCUT2D eigenvalue weighted by Crippen LogP contribution is -2.11. The highest BCUT2D eigenvalue weighted by Crippen LogP contribution is 2.18. The molecule has 0 spiro atoms. The summed E-state index contributed by atoms with van der Waals surface area (Å²) in [6, 6.07) is 0. The van der Waals surface area contributed by atoms with Gasteiger partial charge in [-0.05, 0) is 31.4 Å². The van der Waals surface area contributed by atoms with E-state index in [1.165, 1.54) is 19.1 Å². The summed E-state index contributed by atoms with van der Waals surface area (Å²) in [6.45, 7) is 1.22. The molecule has 15 heavy (non-hydrogen) atoms. The molecule has 0 radical (unpaired) electrons. The monoisotopic (exact) mass is 208 g/mol. The number of aliphatic hydroxyl groups is 1. The average Bonchev–Trinajstić information content (AvgIpc) is 2.15. The number of carboxylic acids is 1. The third-order valence-electron chi connectivity index (χ3n) is 2.10. The first-order valence-electron chi connectivity index (χ1n) is 4.54. The molecule has 4 nitrogen and oxygen atoms in total. The second kappa shape index (κ2) is 4.59. The van der Waals surface area contributed by atoms with Crippen LogP contribution in [0.4, 0.5) is 0 Å². The normalized spacial score (nSPS) is 21.0. The van der Waals surface area contributed by atoms with Crippen LogP contribution in [0.1, 0.15) is 13.3 Å². The Morgan fingerprint density at radius 3 is 2.60 bits per heavy atom. The van der Waals surface area contributed by atoms with E-state index in [9.17, 15) is 9.59 Å². The van der Waals surface area contributed by atoms with Gasteiger partial charge in [-0.2, -0.15) is 0 Å². The van der Waals surface area contributed by atoms with Crippen molar-refractivity contribution in [3.8, 4) is 0 Å². The van der Waals surface area contributed by atoms with E-state index >= 15 is 0 Å². The van der Waals surface area contributed by atoms with Gasteiger partial charge in [0.05, 0.1) is 5.57 Å². The lowest BCUT2D eigenvalue weighted by Gasteiger charge is -2.10.